The summed E-state index contributed by atoms with van der Waals surface area (Å²) in [5.74, 6) is 0.932. The van der Waals surface area contributed by atoms with E-state index in [1.54, 1.807) is 33.3 Å². The summed E-state index contributed by atoms with van der Waals surface area (Å²) in [6.07, 6.45) is 1.38. The van der Waals surface area contributed by atoms with Gasteiger partial charge in [0.1, 0.15) is 30.3 Å². The highest BCUT2D eigenvalue weighted by Gasteiger charge is 2.15. The van der Waals surface area contributed by atoms with Gasteiger partial charge in [0.25, 0.3) is 0 Å². The van der Waals surface area contributed by atoms with Crippen LogP contribution >= 0.6 is 0 Å². The summed E-state index contributed by atoms with van der Waals surface area (Å²) in [4.78, 5) is 8.52. The van der Waals surface area contributed by atoms with E-state index in [9.17, 15) is 9.50 Å². The summed E-state index contributed by atoms with van der Waals surface area (Å²) in [7, 11) is 3.19. The van der Waals surface area contributed by atoms with E-state index in [1.165, 1.54) is 18.5 Å². The number of methoxy groups -OCH3 is 2. The predicted molar refractivity (Wildman–Crippen MR) is 112 cm³/mol. The zero-order valence-electron chi connectivity index (χ0n) is 17.2. The van der Waals surface area contributed by atoms with Crippen LogP contribution in [-0.2, 0) is 4.74 Å². The Morgan fingerprint density at radius 1 is 1.07 bits per heavy atom. The fourth-order valence-corrected chi connectivity index (χ4v) is 2.91. The van der Waals surface area contributed by atoms with E-state index in [-0.39, 0.29) is 11.4 Å². The molecule has 8 nitrogen and oxygen atoms in total. The highest BCUT2D eigenvalue weighted by molar-refractivity contribution is 5.93. The number of anilines is 2. The summed E-state index contributed by atoms with van der Waals surface area (Å²) >= 11 is 0. The van der Waals surface area contributed by atoms with Crippen LogP contribution in [0.4, 0.5) is 15.9 Å². The molecule has 3 N–H and O–H groups in total. The monoisotopic (exact) mass is 416 g/mol. The van der Waals surface area contributed by atoms with Gasteiger partial charge in [0.2, 0.25) is 0 Å². The molecule has 0 saturated heterocycles. The Hall–Kier alpha value is -3.17. The first-order valence-corrected chi connectivity index (χ1v) is 9.45. The molecule has 160 valence electrons. The molecule has 3 aromatic rings. The van der Waals surface area contributed by atoms with Gasteiger partial charge < -0.3 is 30.0 Å². The Morgan fingerprint density at radius 3 is 2.63 bits per heavy atom. The normalized spacial score (nSPS) is 10.9. The average molecular weight is 416 g/mol. The van der Waals surface area contributed by atoms with Crippen LogP contribution in [0.15, 0.2) is 30.6 Å². The van der Waals surface area contributed by atoms with Crippen molar-refractivity contribution in [1.82, 2.24) is 15.3 Å². The van der Waals surface area contributed by atoms with E-state index in [2.05, 4.69) is 20.6 Å². The molecule has 0 amide bonds. The third-order valence-electron chi connectivity index (χ3n) is 4.57. The molecule has 0 aliphatic rings. The highest BCUT2D eigenvalue weighted by atomic mass is 19.1. The third-order valence-corrected chi connectivity index (χ3v) is 4.57. The number of phenols is 1. The SMILES string of the molecule is COCCNCCOc1cc2ncnc(Nc3c(F)ccc(O)c3C)c2cc1OC. The molecule has 9 heteroatoms. The lowest BCUT2D eigenvalue weighted by molar-refractivity contribution is 0.196. The number of aromatic nitrogens is 2. The topological polar surface area (TPSA) is 97.8 Å². The molecule has 1 aromatic heterocycles. The Kier molecular flexibility index (Phi) is 7.21. The molecule has 0 spiro atoms. The zero-order chi connectivity index (χ0) is 21.5. The molecule has 0 bridgehead atoms. The van der Waals surface area contributed by atoms with E-state index in [0.29, 0.717) is 53.5 Å². The lowest BCUT2D eigenvalue weighted by atomic mass is 10.1. The van der Waals surface area contributed by atoms with E-state index in [4.69, 9.17) is 14.2 Å². The van der Waals surface area contributed by atoms with Crippen molar-refractivity contribution >= 4 is 22.4 Å². The summed E-state index contributed by atoms with van der Waals surface area (Å²) < 4.78 is 30.6. The molecule has 0 fully saturated rings. The van der Waals surface area contributed by atoms with Crippen LogP contribution in [0.2, 0.25) is 0 Å². The van der Waals surface area contributed by atoms with Gasteiger partial charge in [0.15, 0.2) is 11.5 Å². The summed E-state index contributed by atoms with van der Waals surface area (Å²) in [5.41, 5.74) is 1.14. The van der Waals surface area contributed by atoms with Crippen molar-refractivity contribution in [2.75, 3.05) is 45.8 Å². The van der Waals surface area contributed by atoms with Crippen molar-refractivity contribution in [2.45, 2.75) is 6.92 Å². The van der Waals surface area contributed by atoms with Crippen LogP contribution < -0.4 is 20.1 Å². The van der Waals surface area contributed by atoms with Gasteiger partial charge in [-0.2, -0.15) is 0 Å². The van der Waals surface area contributed by atoms with Gasteiger partial charge in [-0.25, -0.2) is 14.4 Å². The van der Waals surface area contributed by atoms with Gasteiger partial charge >= 0.3 is 0 Å². The molecule has 30 heavy (non-hydrogen) atoms. The number of hydrogen-bond donors (Lipinski definition) is 3. The third kappa shape index (κ3) is 4.87. The Labute approximate surface area is 174 Å². The number of rotatable bonds is 10. The molecule has 0 atom stereocenters. The van der Waals surface area contributed by atoms with Crippen LogP contribution in [0, 0.1) is 12.7 Å². The molecule has 2 aromatic carbocycles. The smallest absolute Gasteiger partial charge is 0.163 e. The van der Waals surface area contributed by atoms with E-state index in [0.717, 1.165) is 6.54 Å². The van der Waals surface area contributed by atoms with Crippen molar-refractivity contribution in [2.24, 2.45) is 0 Å². The number of fused-ring (bicyclic) bond motifs is 1. The number of halogens is 1. The van der Waals surface area contributed by atoms with E-state index in [1.807, 2.05) is 0 Å². The second-order valence-electron chi connectivity index (χ2n) is 6.53. The van der Waals surface area contributed by atoms with Crippen molar-refractivity contribution < 1.29 is 23.7 Å². The van der Waals surface area contributed by atoms with Gasteiger partial charge in [-0.15, -0.1) is 0 Å². The molecule has 3 rings (SSSR count). The van der Waals surface area contributed by atoms with Crippen molar-refractivity contribution in [3.05, 3.63) is 42.0 Å². The minimum Gasteiger partial charge on any atom is -0.508 e. The maximum absolute atomic E-state index is 14.3. The maximum Gasteiger partial charge on any atom is 0.163 e. The molecule has 0 aliphatic heterocycles. The second kappa shape index (κ2) is 10.0. The fraction of sp³-hybridized carbons (Fsp3) is 0.333. The van der Waals surface area contributed by atoms with Crippen LogP contribution in [0.25, 0.3) is 10.9 Å². The number of hydrogen-bond acceptors (Lipinski definition) is 8. The van der Waals surface area contributed by atoms with Gasteiger partial charge in [-0.3, -0.25) is 0 Å². The maximum atomic E-state index is 14.3. The number of phenolic OH excluding ortho intramolecular Hbond substituents is 1. The Balaban J connectivity index is 1.85. The largest absolute Gasteiger partial charge is 0.508 e. The molecule has 0 radical (unpaired) electrons. The van der Waals surface area contributed by atoms with Gasteiger partial charge in [-0.1, -0.05) is 0 Å². The van der Waals surface area contributed by atoms with Crippen LogP contribution in [0.1, 0.15) is 5.56 Å². The first-order valence-electron chi connectivity index (χ1n) is 9.45. The average Bonchev–Trinajstić information content (AvgIpc) is 2.75. The van der Waals surface area contributed by atoms with Crippen LogP contribution in [-0.4, -0.2) is 55.6 Å². The van der Waals surface area contributed by atoms with E-state index >= 15 is 0 Å². The van der Waals surface area contributed by atoms with Crippen molar-refractivity contribution in [3.8, 4) is 17.2 Å². The second-order valence-corrected chi connectivity index (χ2v) is 6.53. The molecular weight excluding hydrogens is 391 g/mol. The lowest BCUT2D eigenvalue weighted by Gasteiger charge is -2.15. The molecule has 0 aliphatic carbocycles. The predicted octanol–water partition coefficient (Wildman–Crippen LogP) is 3.15. The molecule has 0 saturated carbocycles. The van der Waals surface area contributed by atoms with Crippen molar-refractivity contribution in [1.29, 1.82) is 0 Å². The van der Waals surface area contributed by atoms with Gasteiger partial charge in [-0.05, 0) is 25.1 Å². The molecule has 1 heterocycles. The zero-order valence-corrected chi connectivity index (χ0v) is 17.2. The van der Waals surface area contributed by atoms with Crippen molar-refractivity contribution in [3.63, 3.8) is 0 Å². The van der Waals surface area contributed by atoms with Gasteiger partial charge in [0, 0.05) is 37.2 Å². The minimum atomic E-state index is -0.495. The number of aromatic hydroxyl groups is 1. The summed E-state index contributed by atoms with van der Waals surface area (Å²) in [6.45, 7) is 4.08. The molecule has 0 unspecified atom stereocenters. The summed E-state index contributed by atoms with van der Waals surface area (Å²) in [6, 6.07) is 6.00. The lowest BCUT2D eigenvalue weighted by Crippen LogP contribution is -2.24. The van der Waals surface area contributed by atoms with Gasteiger partial charge in [0.05, 0.1) is 24.9 Å². The Bertz CT molecular complexity index is 1020. The Morgan fingerprint density at radius 2 is 1.87 bits per heavy atom. The molecular formula is C21H25FN4O4. The first kappa shape index (κ1) is 21.5. The summed E-state index contributed by atoms with van der Waals surface area (Å²) in [5, 5.41) is 16.7. The first-order chi connectivity index (χ1) is 14.5. The number of ether oxygens (including phenoxy) is 3. The fourth-order valence-electron chi connectivity index (χ4n) is 2.91. The number of nitrogens with zero attached hydrogens (tertiary/aromatic N) is 2. The number of benzene rings is 2. The van der Waals surface area contributed by atoms with E-state index < -0.39 is 5.82 Å². The minimum absolute atomic E-state index is 0.00960. The standard InChI is InChI=1S/C21H25FN4O4/c1-13-17(27)5-4-15(22)20(13)26-21-14-10-18(29-3)19(11-16(14)24-12-25-21)30-9-7-23-6-8-28-2/h4-5,10-12,23,27H,6-9H2,1-3H3,(H,24,25,26). The highest BCUT2D eigenvalue weighted by Crippen LogP contribution is 2.36. The van der Waals surface area contributed by atoms with Crippen LogP contribution in [0.5, 0.6) is 17.2 Å². The van der Waals surface area contributed by atoms with Crippen LogP contribution in [0.3, 0.4) is 0 Å². The quantitative estimate of drug-likeness (QED) is 0.434. The number of nitrogens with one attached hydrogen (secondary N) is 2.